The number of rotatable bonds is 8. The Morgan fingerprint density at radius 2 is 1.72 bits per heavy atom. The lowest BCUT2D eigenvalue weighted by Crippen LogP contribution is -2.10. The first kappa shape index (κ1) is 15.0. The fourth-order valence-corrected chi connectivity index (χ4v) is 1.87. The van der Waals surface area contributed by atoms with Crippen molar-refractivity contribution in [2.75, 3.05) is 6.61 Å². The molecule has 1 unspecified atom stereocenters. The van der Waals surface area contributed by atoms with Crippen LogP contribution in [0.3, 0.4) is 0 Å². The van der Waals surface area contributed by atoms with Gasteiger partial charge in [0, 0.05) is 0 Å². The smallest absolute Gasteiger partial charge is 0.119 e. The molecule has 0 aliphatic carbocycles. The van der Waals surface area contributed by atoms with E-state index in [2.05, 4.69) is 26.0 Å². The average Bonchev–Trinajstić information content (AvgIpc) is 2.39. The molecule has 1 aromatic carbocycles. The van der Waals surface area contributed by atoms with E-state index < -0.39 is 0 Å². The molecule has 0 fully saturated rings. The maximum Gasteiger partial charge on any atom is 0.119 e. The molecule has 0 bridgehead atoms. The van der Waals surface area contributed by atoms with Crippen molar-refractivity contribution >= 4 is 0 Å². The molecule has 0 aliphatic heterocycles. The van der Waals surface area contributed by atoms with Crippen LogP contribution >= 0.6 is 0 Å². The molecule has 1 atom stereocenters. The first-order valence-corrected chi connectivity index (χ1v) is 7.05. The summed E-state index contributed by atoms with van der Waals surface area (Å²) < 4.78 is 5.78. The summed E-state index contributed by atoms with van der Waals surface area (Å²) in [4.78, 5) is 0. The van der Waals surface area contributed by atoms with E-state index in [1.807, 2.05) is 19.1 Å². The summed E-state index contributed by atoms with van der Waals surface area (Å²) >= 11 is 0. The molecule has 1 rings (SSSR count). The van der Waals surface area contributed by atoms with Crippen LogP contribution in [0.25, 0.3) is 0 Å². The van der Waals surface area contributed by atoms with Gasteiger partial charge in [-0.1, -0.05) is 38.8 Å². The lowest BCUT2D eigenvalue weighted by Gasteiger charge is -2.14. The van der Waals surface area contributed by atoms with Crippen molar-refractivity contribution < 1.29 is 9.84 Å². The molecule has 2 heteroatoms. The maximum atomic E-state index is 9.24. The number of aryl methyl sites for hydroxylation is 1. The van der Waals surface area contributed by atoms with E-state index in [0.717, 1.165) is 25.2 Å². The van der Waals surface area contributed by atoms with Gasteiger partial charge in [-0.3, -0.25) is 0 Å². The van der Waals surface area contributed by atoms with E-state index in [9.17, 15) is 5.11 Å². The van der Waals surface area contributed by atoms with E-state index >= 15 is 0 Å². The third-order valence-corrected chi connectivity index (χ3v) is 3.41. The summed E-state index contributed by atoms with van der Waals surface area (Å²) in [7, 11) is 0. The Morgan fingerprint density at radius 1 is 1.11 bits per heavy atom. The summed E-state index contributed by atoms with van der Waals surface area (Å²) in [5.41, 5.74) is 1.26. The van der Waals surface area contributed by atoms with Crippen LogP contribution in [0, 0.1) is 5.92 Å². The Morgan fingerprint density at radius 3 is 2.22 bits per heavy atom. The molecular formula is C16H26O2. The summed E-state index contributed by atoms with van der Waals surface area (Å²) in [6, 6.07) is 8.23. The van der Waals surface area contributed by atoms with Gasteiger partial charge in [0.2, 0.25) is 0 Å². The molecule has 0 heterocycles. The van der Waals surface area contributed by atoms with Gasteiger partial charge >= 0.3 is 0 Å². The van der Waals surface area contributed by atoms with E-state index in [0.29, 0.717) is 5.92 Å². The summed E-state index contributed by atoms with van der Waals surface area (Å²) in [5, 5.41) is 9.24. The van der Waals surface area contributed by atoms with Crippen LogP contribution in [0.4, 0.5) is 0 Å². The van der Waals surface area contributed by atoms with Gasteiger partial charge in [-0.25, -0.2) is 0 Å². The zero-order valence-electron chi connectivity index (χ0n) is 11.9. The van der Waals surface area contributed by atoms with Crippen molar-refractivity contribution in [2.24, 2.45) is 5.92 Å². The normalized spacial score (nSPS) is 12.7. The second-order valence-electron chi connectivity index (χ2n) is 5.03. The van der Waals surface area contributed by atoms with Crippen LogP contribution in [-0.4, -0.2) is 17.8 Å². The molecule has 0 saturated carbocycles. The molecule has 1 aromatic rings. The lowest BCUT2D eigenvalue weighted by atomic mass is 10.1. The monoisotopic (exact) mass is 250 g/mol. The number of aliphatic hydroxyl groups excluding tert-OH is 1. The molecular weight excluding hydrogens is 224 g/mol. The Hall–Kier alpha value is -1.02. The molecule has 0 radical (unpaired) electrons. The summed E-state index contributed by atoms with van der Waals surface area (Å²) in [6.07, 6.45) is 3.85. The van der Waals surface area contributed by atoms with Crippen molar-refractivity contribution in [3.05, 3.63) is 29.8 Å². The van der Waals surface area contributed by atoms with E-state index in [1.165, 1.54) is 18.4 Å². The highest BCUT2D eigenvalue weighted by Crippen LogP contribution is 2.16. The summed E-state index contributed by atoms with van der Waals surface area (Å²) in [5.74, 6) is 1.60. The fourth-order valence-electron chi connectivity index (χ4n) is 1.87. The topological polar surface area (TPSA) is 29.5 Å². The average molecular weight is 250 g/mol. The Kier molecular flexibility index (Phi) is 6.81. The van der Waals surface area contributed by atoms with Crippen molar-refractivity contribution in [2.45, 2.75) is 52.6 Å². The lowest BCUT2D eigenvalue weighted by molar-refractivity contribution is 0.185. The maximum absolute atomic E-state index is 9.24. The minimum absolute atomic E-state index is 0.226. The first-order valence-electron chi connectivity index (χ1n) is 7.05. The van der Waals surface area contributed by atoms with Crippen molar-refractivity contribution in [1.82, 2.24) is 0 Å². The second kappa shape index (κ2) is 8.15. The molecule has 1 N–H and O–H groups in total. The van der Waals surface area contributed by atoms with Crippen LogP contribution in [0.5, 0.6) is 5.75 Å². The molecule has 0 saturated heterocycles. The number of hydrogen-bond acceptors (Lipinski definition) is 2. The molecule has 0 amide bonds. The molecule has 0 spiro atoms. The fraction of sp³-hybridized carbons (Fsp3) is 0.625. The number of hydrogen-bond donors (Lipinski definition) is 1. The van der Waals surface area contributed by atoms with Crippen LogP contribution in [0.2, 0.25) is 0 Å². The quantitative estimate of drug-likeness (QED) is 0.760. The third-order valence-electron chi connectivity index (χ3n) is 3.41. The molecule has 0 aromatic heterocycles. The van der Waals surface area contributed by atoms with Gasteiger partial charge in [-0.15, -0.1) is 0 Å². The Labute approximate surface area is 111 Å². The predicted octanol–water partition coefficient (Wildman–Crippen LogP) is 3.82. The number of aliphatic hydroxyl groups is 1. The number of benzene rings is 1. The van der Waals surface area contributed by atoms with Crippen LogP contribution in [0.1, 0.15) is 45.6 Å². The van der Waals surface area contributed by atoms with E-state index in [-0.39, 0.29) is 6.10 Å². The zero-order chi connectivity index (χ0) is 13.4. The van der Waals surface area contributed by atoms with Crippen molar-refractivity contribution in [3.63, 3.8) is 0 Å². The third kappa shape index (κ3) is 5.54. The minimum atomic E-state index is -0.226. The van der Waals surface area contributed by atoms with Gasteiger partial charge in [-0.05, 0) is 43.4 Å². The number of ether oxygens (including phenoxy) is 1. The molecule has 2 nitrogen and oxygen atoms in total. The van der Waals surface area contributed by atoms with E-state index in [1.54, 1.807) is 0 Å². The molecule has 18 heavy (non-hydrogen) atoms. The van der Waals surface area contributed by atoms with Crippen molar-refractivity contribution in [1.29, 1.82) is 0 Å². The van der Waals surface area contributed by atoms with Gasteiger partial charge in [-0.2, -0.15) is 0 Å². The highest BCUT2D eigenvalue weighted by molar-refractivity contribution is 5.27. The summed E-state index contributed by atoms with van der Waals surface area (Å²) in [6.45, 7) is 7.04. The predicted molar refractivity (Wildman–Crippen MR) is 76.0 cm³/mol. The minimum Gasteiger partial charge on any atom is -0.493 e. The standard InChI is InChI=1S/C16H26O2/c1-4-14(5-2)12-18-16-10-8-15(9-11-16)7-6-13(3)17/h8-11,13-14,17H,4-7,12H2,1-3H3. The van der Waals surface area contributed by atoms with Gasteiger partial charge < -0.3 is 9.84 Å². The van der Waals surface area contributed by atoms with Gasteiger partial charge in [0.15, 0.2) is 0 Å². The second-order valence-corrected chi connectivity index (χ2v) is 5.03. The van der Waals surface area contributed by atoms with Gasteiger partial charge in [0.05, 0.1) is 12.7 Å². The van der Waals surface area contributed by atoms with Crippen LogP contribution in [0.15, 0.2) is 24.3 Å². The van der Waals surface area contributed by atoms with Gasteiger partial charge in [0.25, 0.3) is 0 Å². The highest BCUT2D eigenvalue weighted by Gasteiger charge is 2.04. The Balaban J connectivity index is 2.40. The highest BCUT2D eigenvalue weighted by atomic mass is 16.5. The largest absolute Gasteiger partial charge is 0.493 e. The van der Waals surface area contributed by atoms with Gasteiger partial charge in [0.1, 0.15) is 5.75 Å². The zero-order valence-corrected chi connectivity index (χ0v) is 11.9. The van der Waals surface area contributed by atoms with E-state index in [4.69, 9.17) is 4.74 Å². The van der Waals surface area contributed by atoms with Crippen LogP contribution < -0.4 is 4.74 Å². The SMILES string of the molecule is CCC(CC)COc1ccc(CCC(C)O)cc1. The van der Waals surface area contributed by atoms with Crippen molar-refractivity contribution in [3.8, 4) is 5.75 Å². The Bertz CT molecular complexity index is 312. The molecule has 0 aliphatic rings. The first-order chi connectivity index (χ1) is 8.65. The molecule has 102 valence electrons. The van der Waals surface area contributed by atoms with Crippen LogP contribution in [-0.2, 0) is 6.42 Å².